The molecule has 4 heteroatoms. The van der Waals surface area contributed by atoms with Crippen molar-refractivity contribution in [1.29, 1.82) is 0 Å². The molecule has 88 valence electrons. The van der Waals surface area contributed by atoms with Gasteiger partial charge >= 0.3 is 0 Å². The van der Waals surface area contributed by atoms with Crippen molar-refractivity contribution in [2.45, 2.75) is 13.8 Å². The molecule has 1 aromatic heterocycles. The standard InChI is InChI=1S/C13H10Cl3N/c1-7-3-4-8(2)17-13(7)11-9(14)5-6-10(15)12(11)16/h3-6H,1-2H3. The van der Waals surface area contributed by atoms with E-state index in [1.807, 2.05) is 26.0 Å². The van der Waals surface area contributed by atoms with Gasteiger partial charge in [0.1, 0.15) is 0 Å². The molecule has 1 nitrogen and oxygen atoms in total. The van der Waals surface area contributed by atoms with E-state index in [0.29, 0.717) is 20.6 Å². The third kappa shape index (κ3) is 2.42. The molecule has 1 heterocycles. The quantitative estimate of drug-likeness (QED) is 0.646. The third-order valence-corrected chi connectivity index (χ3v) is 3.64. The van der Waals surface area contributed by atoms with Gasteiger partial charge in [-0.1, -0.05) is 40.9 Å². The van der Waals surface area contributed by atoms with Crippen molar-refractivity contribution < 1.29 is 0 Å². The fourth-order valence-electron chi connectivity index (χ4n) is 1.62. The summed E-state index contributed by atoms with van der Waals surface area (Å²) < 4.78 is 0. The summed E-state index contributed by atoms with van der Waals surface area (Å²) in [5.41, 5.74) is 3.41. The summed E-state index contributed by atoms with van der Waals surface area (Å²) in [6.07, 6.45) is 0. The fraction of sp³-hybridized carbons (Fsp3) is 0.154. The second-order valence-electron chi connectivity index (χ2n) is 3.84. The SMILES string of the molecule is Cc1ccc(C)c(-c2c(Cl)ccc(Cl)c2Cl)n1. The molecule has 0 aliphatic carbocycles. The first-order chi connectivity index (χ1) is 8.00. The lowest BCUT2D eigenvalue weighted by Crippen LogP contribution is -1.93. The summed E-state index contributed by atoms with van der Waals surface area (Å²) >= 11 is 18.4. The first-order valence-corrected chi connectivity index (χ1v) is 6.22. The summed E-state index contributed by atoms with van der Waals surface area (Å²) in [4.78, 5) is 4.48. The molecule has 0 unspecified atom stereocenters. The first kappa shape index (κ1) is 12.7. The Balaban J connectivity index is 2.76. The number of aromatic nitrogens is 1. The molecule has 0 amide bonds. The van der Waals surface area contributed by atoms with Gasteiger partial charge in [-0.15, -0.1) is 0 Å². The van der Waals surface area contributed by atoms with Crippen molar-refractivity contribution in [2.75, 3.05) is 0 Å². The van der Waals surface area contributed by atoms with Crippen LogP contribution in [0.5, 0.6) is 0 Å². The van der Waals surface area contributed by atoms with Crippen LogP contribution in [0.4, 0.5) is 0 Å². The van der Waals surface area contributed by atoms with E-state index in [-0.39, 0.29) is 0 Å². The molecule has 1 aromatic carbocycles. The Bertz CT molecular complexity index is 579. The van der Waals surface area contributed by atoms with Crippen LogP contribution >= 0.6 is 34.8 Å². The molecule has 0 saturated heterocycles. The lowest BCUT2D eigenvalue weighted by Gasteiger charge is -2.11. The van der Waals surface area contributed by atoms with Gasteiger partial charge in [-0.2, -0.15) is 0 Å². The Labute approximate surface area is 115 Å². The highest BCUT2D eigenvalue weighted by atomic mass is 35.5. The van der Waals surface area contributed by atoms with E-state index < -0.39 is 0 Å². The normalized spacial score (nSPS) is 10.6. The number of pyridine rings is 1. The van der Waals surface area contributed by atoms with Crippen molar-refractivity contribution in [2.24, 2.45) is 0 Å². The van der Waals surface area contributed by atoms with Crippen LogP contribution in [0.1, 0.15) is 11.3 Å². The second kappa shape index (κ2) is 4.85. The van der Waals surface area contributed by atoms with E-state index in [9.17, 15) is 0 Å². The average molecular weight is 287 g/mol. The second-order valence-corrected chi connectivity index (χ2v) is 5.03. The van der Waals surface area contributed by atoms with Crippen LogP contribution in [0.25, 0.3) is 11.3 Å². The Morgan fingerprint density at radius 2 is 1.53 bits per heavy atom. The Kier molecular flexibility index (Phi) is 3.62. The largest absolute Gasteiger partial charge is 0.253 e. The molecule has 0 saturated carbocycles. The third-order valence-electron chi connectivity index (χ3n) is 2.52. The van der Waals surface area contributed by atoms with Crippen molar-refractivity contribution in [3.63, 3.8) is 0 Å². The van der Waals surface area contributed by atoms with Crippen molar-refractivity contribution in [3.8, 4) is 11.3 Å². The van der Waals surface area contributed by atoms with Gasteiger partial charge in [-0.3, -0.25) is 4.98 Å². The Morgan fingerprint density at radius 3 is 2.24 bits per heavy atom. The van der Waals surface area contributed by atoms with Crippen LogP contribution < -0.4 is 0 Å². The van der Waals surface area contributed by atoms with Gasteiger partial charge in [-0.25, -0.2) is 0 Å². The minimum atomic E-state index is 0.445. The summed E-state index contributed by atoms with van der Waals surface area (Å²) in [5.74, 6) is 0. The van der Waals surface area contributed by atoms with Gasteiger partial charge in [0.2, 0.25) is 0 Å². The molecule has 0 fully saturated rings. The summed E-state index contributed by atoms with van der Waals surface area (Å²) in [6, 6.07) is 7.35. The molecule has 2 aromatic rings. The van der Waals surface area contributed by atoms with Gasteiger partial charge < -0.3 is 0 Å². The predicted molar refractivity (Wildman–Crippen MR) is 74.2 cm³/mol. The van der Waals surface area contributed by atoms with Gasteiger partial charge in [0, 0.05) is 11.3 Å². The van der Waals surface area contributed by atoms with E-state index in [4.69, 9.17) is 34.8 Å². The van der Waals surface area contributed by atoms with Crippen LogP contribution in [0.3, 0.4) is 0 Å². The van der Waals surface area contributed by atoms with Crippen molar-refractivity contribution in [1.82, 2.24) is 4.98 Å². The van der Waals surface area contributed by atoms with Crippen LogP contribution in [-0.2, 0) is 0 Å². The number of benzene rings is 1. The number of hydrogen-bond donors (Lipinski definition) is 0. The van der Waals surface area contributed by atoms with Gasteiger partial charge in [-0.05, 0) is 37.6 Å². The van der Waals surface area contributed by atoms with Crippen molar-refractivity contribution >= 4 is 34.8 Å². The summed E-state index contributed by atoms with van der Waals surface area (Å²) in [6.45, 7) is 3.89. The summed E-state index contributed by atoms with van der Waals surface area (Å²) in [7, 11) is 0. The Morgan fingerprint density at radius 1 is 0.882 bits per heavy atom. The molecule has 17 heavy (non-hydrogen) atoms. The lowest BCUT2D eigenvalue weighted by atomic mass is 10.1. The van der Waals surface area contributed by atoms with Crippen LogP contribution in [-0.4, -0.2) is 4.98 Å². The zero-order valence-electron chi connectivity index (χ0n) is 9.39. The monoisotopic (exact) mass is 285 g/mol. The minimum Gasteiger partial charge on any atom is -0.253 e. The maximum absolute atomic E-state index is 6.20. The van der Waals surface area contributed by atoms with Crippen LogP contribution in [0, 0.1) is 13.8 Å². The first-order valence-electron chi connectivity index (χ1n) is 5.09. The van der Waals surface area contributed by atoms with Crippen molar-refractivity contribution in [3.05, 3.63) is 50.6 Å². The highest BCUT2D eigenvalue weighted by molar-refractivity contribution is 6.46. The molecule has 0 N–H and O–H groups in total. The predicted octanol–water partition coefficient (Wildman–Crippen LogP) is 5.33. The molecule has 0 aliphatic rings. The highest BCUT2D eigenvalue weighted by Gasteiger charge is 2.15. The number of hydrogen-bond acceptors (Lipinski definition) is 1. The van der Waals surface area contributed by atoms with Gasteiger partial charge in [0.25, 0.3) is 0 Å². The van der Waals surface area contributed by atoms with Crippen LogP contribution in [0.2, 0.25) is 15.1 Å². The number of aryl methyl sites for hydroxylation is 2. The maximum Gasteiger partial charge on any atom is 0.0764 e. The molecule has 0 aliphatic heterocycles. The Hall–Kier alpha value is -0.760. The van der Waals surface area contributed by atoms with Crippen LogP contribution in [0.15, 0.2) is 24.3 Å². The molecule has 0 bridgehead atoms. The lowest BCUT2D eigenvalue weighted by molar-refractivity contribution is 1.18. The fourth-order valence-corrected chi connectivity index (χ4v) is 2.33. The molecular formula is C13H10Cl3N. The van der Waals surface area contributed by atoms with E-state index in [0.717, 1.165) is 17.0 Å². The van der Waals surface area contributed by atoms with E-state index in [1.54, 1.807) is 12.1 Å². The van der Waals surface area contributed by atoms with Gasteiger partial charge in [0.15, 0.2) is 0 Å². The molecule has 0 radical (unpaired) electrons. The van der Waals surface area contributed by atoms with Gasteiger partial charge in [0.05, 0.1) is 20.8 Å². The average Bonchev–Trinajstić information content (AvgIpc) is 2.29. The highest BCUT2D eigenvalue weighted by Crippen LogP contribution is 2.39. The molecule has 0 atom stereocenters. The smallest absolute Gasteiger partial charge is 0.0764 e. The molecular weight excluding hydrogens is 277 g/mol. The van der Waals surface area contributed by atoms with E-state index in [2.05, 4.69) is 4.98 Å². The maximum atomic E-state index is 6.20. The number of rotatable bonds is 1. The van der Waals surface area contributed by atoms with E-state index in [1.165, 1.54) is 0 Å². The van der Waals surface area contributed by atoms with E-state index >= 15 is 0 Å². The topological polar surface area (TPSA) is 12.9 Å². The summed E-state index contributed by atoms with van der Waals surface area (Å²) in [5, 5.41) is 1.48. The zero-order chi connectivity index (χ0) is 12.6. The number of halogens is 3. The molecule has 2 rings (SSSR count). The zero-order valence-corrected chi connectivity index (χ0v) is 11.7. The minimum absolute atomic E-state index is 0.445. The molecule has 0 spiro atoms. The number of nitrogens with zero attached hydrogens (tertiary/aromatic N) is 1.